The minimum absolute atomic E-state index is 0.0964. The molecule has 0 aromatic carbocycles. The van der Waals surface area contributed by atoms with E-state index in [0.29, 0.717) is 35.5 Å². The molecule has 4 fully saturated rings. The molecule has 166 valence electrons. The van der Waals surface area contributed by atoms with E-state index in [9.17, 15) is 15.0 Å². The normalized spacial score (nSPS) is 52.9. The number of carbonyl (C=O) groups excluding carboxylic acids is 1. The van der Waals surface area contributed by atoms with Gasteiger partial charge in [0.1, 0.15) is 0 Å². The number of fused-ring (bicyclic) bond motifs is 5. The van der Waals surface area contributed by atoms with Gasteiger partial charge in [-0.2, -0.15) is 0 Å². The Labute approximate surface area is 177 Å². The Balaban J connectivity index is 1.72. The number of hydrogen-bond acceptors (Lipinski definition) is 3. The highest BCUT2D eigenvalue weighted by Gasteiger charge is 2.66. The Morgan fingerprint density at radius 1 is 1.10 bits per heavy atom. The van der Waals surface area contributed by atoms with Gasteiger partial charge < -0.3 is 15.9 Å². The zero-order valence-corrected chi connectivity index (χ0v) is 18.9. The van der Waals surface area contributed by atoms with Gasteiger partial charge in [-0.3, -0.25) is 4.79 Å². The first-order chi connectivity index (χ1) is 13.6. The maximum absolute atomic E-state index is 12.7. The molecule has 4 rings (SSSR count). The predicted molar refractivity (Wildman–Crippen MR) is 115 cm³/mol. The lowest BCUT2D eigenvalue weighted by atomic mass is 9.41. The van der Waals surface area contributed by atoms with Crippen molar-refractivity contribution in [2.45, 2.75) is 97.7 Å². The van der Waals surface area contributed by atoms with Gasteiger partial charge in [-0.15, -0.1) is 0 Å². The van der Waals surface area contributed by atoms with E-state index < -0.39 is 0 Å². The van der Waals surface area contributed by atoms with E-state index in [0.717, 1.165) is 38.5 Å². The summed E-state index contributed by atoms with van der Waals surface area (Å²) in [6, 6.07) is 0. The molecule has 0 aromatic rings. The molecule has 4 N–H and O–H groups in total. The van der Waals surface area contributed by atoms with Crippen molar-refractivity contribution in [3.8, 4) is 0 Å². The standard InChI is InChI=1S/C25H43NO3/c1-5-6-14(2)18-7-8-19-22-17(23(26)29)12-15-11-16(27)9-10-24(15,3)20(22)13-21(28)25(18,19)4/h14-22,27-28H,5-13H2,1-4H3,(H2,26,29)/t14-,15+,16-,17?,18-,19+,20+,21+,22+,24+,25-/m1/s1. The molecule has 0 spiro atoms. The van der Waals surface area contributed by atoms with Gasteiger partial charge in [-0.05, 0) is 91.3 Å². The number of aliphatic hydroxyl groups is 2. The molecular weight excluding hydrogens is 362 g/mol. The van der Waals surface area contributed by atoms with Crippen LogP contribution in [0.15, 0.2) is 0 Å². The minimum atomic E-state index is -0.295. The van der Waals surface area contributed by atoms with Crippen LogP contribution in [0, 0.1) is 52.3 Å². The van der Waals surface area contributed by atoms with E-state index in [1.165, 1.54) is 19.3 Å². The lowest BCUT2D eigenvalue weighted by Gasteiger charge is -2.64. The van der Waals surface area contributed by atoms with Crippen LogP contribution in [0.25, 0.3) is 0 Å². The lowest BCUT2D eigenvalue weighted by molar-refractivity contribution is -0.194. The Morgan fingerprint density at radius 3 is 2.48 bits per heavy atom. The molecule has 4 aliphatic carbocycles. The second kappa shape index (κ2) is 7.51. The van der Waals surface area contributed by atoms with E-state index >= 15 is 0 Å². The molecule has 4 aliphatic rings. The molecule has 1 unspecified atom stereocenters. The van der Waals surface area contributed by atoms with Crippen molar-refractivity contribution in [2.24, 2.45) is 58.0 Å². The summed E-state index contributed by atoms with van der Waals surface area (Å²) in [4.78, 5) is 12.7. The van der Waals surface area contributed by atoms with Crippen LogP contribution in [0.4, 0.5) is 0 Å². The van der Waals surface area contributed by atoms with E-state index in [1.807, 2.05) is 0 Å². The molecule has 1 amide bonds. The highest BCUT2D eigenvalue weighted by molar-refractivity contribution is 5.77. The van der Waals surface area contributed by atoms with E-state index in [4.69, 9.17) is 5.73 Å². The maximum Gasteiger partial charge on any atom is 0.220 e. The molecule has 0 bridgehead atoms. The molecule has 29 heavy (non-hydrogen) atoms. The van der Waals surface area contributed by atoms with Crippen LogP contribution in [0.2, 0.25) is 0 Å². The van der Waals surface area contributed by atoms with Crippen molar-refractivity contribution < 1.29 is 15.0 Å². The summed E-state index contributed by atoms with van der Waals surface area (Å²) in [5.74, 6) is 2.29. The van der Waals surface area contributed by atoms with Crippen LogP contribution in [-0.2, 0) is 4.79 Å². The first kappa shape index (κ1) is 21.6. The molecule has 4 heteroatoms. The monoisotopic (exact) mass is 405 g/mol. The second-order valence-electron chi connectivity index (χ2n) is 11.7. The molecule has 0 heterocycles. The van der Waals surface area contributed by atoms with Gasteiger partial charge in [-0.25, -0.2) is 0 Å². The fourth-order valence-corrected chi connectivity index (χ4v) is 9.13. The van der Waals surface area contributed by atoms with E-state index in [-0.39, 0.29) is 34.9 Å². The van der Waals surface area contributed by atoms with Crippen LogP contribution in [0.5, 0.6) is 0 Å². The molecule has 11 atom stereocenters. The van der Waals surface area contributed by atoms with Crippen LogP contribution in [0.3, 0.4) is 0 Å². The summed E-state index contributed by atoms with van der Waals surface area (Å²) in [6.07, 6.45) is 8.45. The highest BCUT2D eigenvalue weighted by atomic mass is 16.3. The highest BCUT2D eigenvalue weighted by Crippen LogP contribution is 2.69. The summed E-state index contributed by atoms with van der Waals surface area (Å²) >= 11 is 0. The lowest BCUT2D eigenvalue weighted by Crippen LogP contribution is -2.62. The van der Waals surface area contributed by atoms with Crippen molar-refractivity contribution in [2.75, 3.05) is 0 Å². The molecular formula is C25H43NO3. The zero-order chi connectivity index (χ0) is 21.1. The molecule has 0 aliphatic heterocycles. The number of nitrogens with two attached hydrogens (primary N) is 1. The summed E-state index contributed by atoms with van der Waals surface area (Å²) in [7, 11) is 0. The van der Waals surface area contributed by atoms with Crippen molar-refractivity contribution >= 4 is 5.91 Å². The Bertz CT molecular complexity index is 638. The average molecular weight is 406 g/mol. The molecule has 0 aromatic heterocycles. The maximum atomic E-state index is 12.7. The molecule has 0 saturated heterocycles. The fourth-order valence-electron chi connectivity index (χ4n) is 9.13. The predicted octanol–water partition coefficient (Wildman–Crippen LogP) is 4.12. The van der Waals surface area contributed by atoms with Gasteiger partial charge in [0.05, 0.1) is 12.2 Å². The number of carbonyl (C=O) groups is 1. The fraction of sp³-hybridized carbons (Fsp3) is 0.960. The van der Waals surface area contributed by atoms with E-state index in [1.54, 1.807) is 0 Å². The summed E-state index contributed by atoms with van der Waals surface area (Å²) in [5, 5.41) is 21.9. The topological polar surface area (TPSA) is 83.6 Å². The van der Waals surface area contributed by atoms with Crippen LogP contribution >= 0.6 is 0 Å². The second-order valence-corrected chi connectivity index (χ2v) is 11.7. The SMILES string of the molecule is CCC[C@@H](C)[C@H]1CC[C@H]2[C@@H]3C(C(N)=O)C[C@@H]4C[C@H](O)CC[C@]4(C)[C@H]3C[C@H](O)[C@]12C. The number of hydrogen-bond donors (Lipinski definition) is 3. The van der Waals surface area contributed by atoms with Crippen molar-refractivity contribution in [1.29, 1.82) is 0 Å². The van der Waals surface area contributed by atoms with Gasteiger partial charge in [0, 0.05) is 5.92 Å². The van der Waals surface area contributed by atoms with Crippen molar-refractivity contribution in [1.82, 2.24) is 0 Å². The Hall–Kier alpha value is -0.610. The Morgan fingerprint density at radius 2 is 1.83 bits per heavy atom. The van der Waals surface area contributed by atoms with Crippen LogP contribution in [0.1, 0.15) is 85.5 Å². The van der Waals surface area contributed by atoms with Crippen molar-refractivity contribution in [3.63, 3.8) is 0 Å². The van der Waals surface area contributed by atoms with Crippen LogP contribution < -0.4 is 5.73 Å². The molecule has 4 nitrogen and oxygen atoms in total. The van der Waals surface area contributed by atoms with E-state index in [2.05, 4.69) is 27.7 Å². The first-order valence-corrected chi connectivity index (χ1v) is 12.3. The third-order valence-corrected chi connectivity index (χ3v) is 10.7. The molecule has 0 radical (unpaired) electrons. The Kier molecular flexibility index (Phi) is 5.60. The van der Waals surface area contributed by atoms with Crippen molar-refractivity contribution in [3.05, 3.63) is 0 Å². The largest absolute Gasteiger partial charge is 0.393 e. The number of rotatable bonds is 4. The quantitative estimate of drug-likeness (QED) is 0.658. The van der Waals surface area contributed by atoms with Gasteiger partial charge >= 0.3 is 0 Å². The zero-order valence-electron chi connectivity index (χ0n) is 18.9. The number of amides is 1. The summed E-state index contributed by atoms with van der Waals surface area (Å²) in [5.41, 5.74) is 6.03. The first-order valence-electron chi connectivity index (χ1n) is 12.3. The van der Waals surface area contributed by atoms with Gasteiger partial charge in [0.2, 0.25) is 5.91 Å². The van der Waals surface area contributed by atoms with Gasteiger partial charge in [-0.1, -0.05) is 40.5 Å². The summed E-state index contributed by atoms with van der Waals surface area (Å²) in [6.45, 7) is 9.34. The van der Waals surface area contributed by atoms with Crippen LogP contribution in [-0.4, -0.2) is 28.3 Å². The number of primary amides is 1. The third kappa shape index (κ3) is 3.11. The average Bonchev–Trinajstić information content (AvgIpc) is 3.01. The van der Waals surface area contributed by atoms with Gasteiger partial charge in [0.25, 0.3) is 0 Å². The smallest absolute Gasteiger partial charge is 0.220 e. The number of aliphatic hydroxyl groups excluding tert-OH is 2. The summed E-state index contributed by atoms with van der Waals surface area (Å²) < 4.78 is 0. The third-order valence-electron chi connectivity index (χ3n) is 10.7. The molecule has 4 saturated carbocycles. The minimum Gasteiger partial charge on any atom is -0.393 e. The van der Waals surface area contributed by atoms with Gasteiger partial charge in [0.15, 0.2) is 0 Å².